The van der Waals surface area contributed by atoms with Crippen molar-refractivity contribution >= 4 is 34.5 Å². The van der Waals surface area contributed by atoms with Gasteiger partial charge in [-0.25, -0.2) is 5.01 Å². The van der Waals surface area contributed by atoms with Crippen molar-refractivity contribution in [3.8, 4) is 0 Å². The van der Waals surface area contributed by atoms with Crippen molar-refractivity contribution in [2.24, 2.45) is 10.1 Å². The maximum atomic E-state index is 12.5. The molecule has 8 heteroatoms. The molecule has 1 atom stereocenters. The van der Waals surface area contributed by atoms with Gasteiger partial charge < -0.3 is 9.80 Å². The van der Waals surface area contributed by atoms with Gasteiger partial charge in [-0.1, -0.05) is 49.0 Å². The van der Waals surface area contributed by atoms with E-state index in [-0.39, 0.29) is 24.7 Å². The van der Waals surface area contributed by atoms with E-state index in [0.717, 1.165) is 42.5 Å². The summed E-state index contributed by atoms with van der Waals surface area (Å²) in [5.74, 6) is -0.0209. The van der Waals surface area contributed by atoms with E-state index in [0.29, 0.717) is 24.9 Å². The number of amides is 2. The monoisotopic (exact) mass is 413 g/mol. The summed E-state index contributed by atoms with van der Waals surface area (Å²) in [5.41, 5.74) is 1.99. The van der Waals surface area contributed by atoms with Crippen LogP contribution in [0.15, 0.2) is 40.4 Å². The first-order valence-electron chi connectivity index (χ1n) is 10.3. The lowest BCUT2D eigenvalue weighted by atomic mass is 10.1. The van der Waals surface area contributed by atoms with Crippen LogP contribution in [-0.4, -0.2) is 82.0 Å². The van der Waals surface area contributed by atoms with Gasteiger partial charge in [-0.15, -0.1) is 0 Å². The molecule has 29 heavy (non-hydrogen) atoms. The van der Waals surface area contributed by atoms with E-state index in [1.165, 1.54) is 5.01 Å². The number of carbonyl (C=O) groups excluding carboxylic acids is 2. The summed E-state index contributed by atoms with van der Waals surface area (Å²) in [6.07, 6.45) is 1.22. The average Bonchev–Trinajstić information content (AvgIpc) is 3.42. The highest BCUT2D eigenvalue weighted by atomic mass is 32.2. The second-order valence-electron chi connectivity index (χ2n) is 7.60. The number of hydrogen-bond donors (Lipinski definition) is 0. The van der Waals surface area contributed by atoms with Crippen molar-refractivity contribution in [1.29, 1.82) is 0 Å². The number of hydrazone groups is 1. The van der Waals surface area contributed by atoms with E-state index in [4.69, 9.17) is 0 Å². The Bertz CT molecular complexity index is 818. The molecule has 0 spiro atoms. The molecule has 4 rings (SSSR count). The molecule has 0 radical (unpaired) electrons. The predicted octanol–water partition coefficient (Wildman–Crippen LogP) is 2.04. The summed E-state index contributed by atoms with van der Waals surface area (Å²) in [6.45, 7) is 6.68. The molecule has 1 saturated heterocycles. The normalized spacial score (nSPS) is 22.0. The van der Waals surface area contributed by atoms with Gasteiger partial charge in [-0.2, -0.15) is 5.10 Å². The summed E-state index contributed by atoms with van der Waals surface area (Å²) >= 11 is 1.82. The molecule has 1 aromatic rings. The number of thioether (sulfide) groups is 1. The minimum absolute atomic E-state index is 0.0545. The van der Waals surface area contributed by atoms with Crippen molar-refractivity contribution < 1.29 is 9.59 Å². The molecule has 0 bridgehead atoms. The Balaban J connectivity index is 1.22. The smallest absolute Gasteiger partial charge is 0.243 e. The van der Waals surface area contributed by atoms with Gasteiger partial charge in [0.05, 0.1) is 18.8 Å². The Morgan fingerprint density at radius 3 is 2.45 bits per heavy atom. The van der Waals surface area contributed by atoms with Crippen molar-refractivity contribution in [3.05, 3.63) is 35.9 Å². The zero-order valence-corrected chi connectivity index (χ0v) is 17.6. The zero-order chi connectivity index (χ0) is 20.2. The number of benzene rings is 1. The number of nitrogens with zero attached hydrogens (tertiary/aromatic N) is 5. The summed E-state index contributed by atoms with van der Waals surface area (Å²) < 4.78 is 0. The molecule has 3 aliphatic rings. The van der Waals surface area contributed by atoms with Gasteiger partial charge in [-0.3, -0.25) is 14.6 Å². The van der Waals surface area contributed by atoms with Gasteiger partial charge in [0.15, 0.2) is 5.17 Å². The summed E-state index contributed by atoms with van der Waals surface area (Å²) in [5, 5.41) is 7.64. The molecular weight excluding hydrogens is 386 g/mol. The van der Waals surface area contributed by atoms with Gasteiger partial charge in [-0.05, 0) is 5.56 Å². The van der Waals surface area contributed by atoms with E-state index in [9.17, 15) is 9.59 Å². The van der Waals surface area contributed by atoms with Crippen LogP contribution in [0.5, 0.6) is 0 Å². The van der Waals surface area contributed by atoms with Crippen LogP contribution in [0.3, 0.4) is 0 Å². The Hall–Kier alpha value is -2.35. The molecule has 0 aromatic heterocycles. The Morgan fingerprint density at radius 1 is 1.03 bits per heavy atom. The number of amidine groups is 1. The molecular formula is C21H27N5O2S. The van der Waals surface area contributed by atoms with Crippen LogP contribution in [-0.2, 0) is 9.59 Å². The molecule has 154 valence electrons. The van der Waals surface area contributed by atoms with E-state index in [1.807, 2.05) is 47.0 Å². The molecule has 1 aromatic carbocycles. The summed E-state index contributed by atoms with van der Waals surface area (Å²) in [6, 6.07) is 9.92. The van der Waals surface area contributed by atoms with Crippen molar-refractivity contribution in [2.45, 2.75) is 31.4 Å². The third-order valence-corrected chi connectivity index (χ3v) is 6.59. The molecule has 0 N–H and O–H groups in total. The molecule has 1 fully saturated rings. The summed E-state index contributed by atoms with van der Waals surface area (Å²) in [4.78, 5) is 33.8. The quantitative estimate of drug-likeness (QED) is 0.758. The number of aliphatic imine (C=N–C) groups is 1. The minimum Gasteiger partial charge on any atom is -0.348 e. The number of carbonyl (C=O) groups is 2. The van der Waals surface area contributed by atoms with E-state index < -0.39 is 0 Å². The van der Waals surface area contributed by atoms with Crippen LogP contribution in [0.25, 0.3) is 0 Å². The van der Waals surface area contributed by atoms with E-state index in [2.05, 4.69) is 21.9 Å². The number of rotatable bonds is 4. The second-order valence-corrected chi connectivity index (χ2v) is 9.00. The molecule has 3 aliphatic heterocycles. The lowest BCUT2D eigenvalue weighted by molar-refractivity contribution is -0.137. The third-order valence-electron chi connectivity index (χ3n) is 5.44. The molecule has 0 aliphatic carbocycles. The van der Waals surface area contributed by atoms with E-state index in [1.54, 1.807) is 0 Å². The van der Waals surface area contributed by atoms with Crippen LogP contribution in [0, 0.1) is 0 Å². The molecule has 2 amide bonds. The van der Waals surface area contributed by atoms with Crippen LogP contribution in [0.2, 0.25) is 0 Å². The summed E-state index contributed by atoms with van der Waals surface area (Å²) in [7, 11) is 0. The van der Waals surface area contributed by atoms with Crippen molar-refractivity contribution in [1.82, 2.24) is 14.8 Å². The SMILES string of the molecule is C[C@@H]1CN=C(N2CCN(C(=O)CCC(=O)N3CCC(c4ccccc4)=N3)CC2)S1. The lowest BCUT2D eigenvalue weighted by Gasteiger charge is -2.35. The minimum atomic E-state index is -0.0754. The Labute approximate surface area is 175 Å². The Kier molecular flexibility index (Phi) is 6.18. The van der Waals surface area contributed by atoms with Gasteiger partial charge in [0.1, 0.15) is 0 Å². The van der Waals surface area contributed by atoms with Crippen LogP contribution in [0.1, 0.15) is 31.7 Å². The fourth-order valence-corrected chi connectivity index (χ4v) is 4.74. The topological polar surface area (TPSA) is 68.6 Å². The highest BCUT2D eigenvalue weighted by Gasteiger charge is 2.27. The highest BCUT2D eigenvalue weighted by Crippen LogP contribution is 2.24. The molecule has 0 unspecified atom stereocenters. The average molecular weight is 414 g/mol. The first-order valence-corrected chi connectivity index (χ1v) is 11.2. The van der Waals surface area contributed by atoms with Crippen molar-refractivity contribution in [3.63, 3.8) is 0 Å². The van der Waals surface area contributed by atoms with E-state index >= 15 is 0 Å². The number of piperazine rings is 1. The largest absolute Gasteiger partial charge is 0.348 e. The highest BCUT2D eigenvalue weighted by molar-refractivity contribution is 8.14. The van der Waals surface area contributed by atoms with Gasteiger partial charge >= 0.3 is 0 Å². The van der Waals surface area contributed by atoms with Crippen LogP contribution >= 0.6 is 11.8 Å². The fraction of sp³-hybridized carbons (Fsp3) is 0.524. The van der Waals surface area contributed by atoms with Gasteiger partial charge in [0, 0.05) is 50.7 Å². The predicted molar refractivity (Wildman–Crippen MR) is 116 cm³/mol. The van der Waals surface area contributed by atoms with Crippen LogP contribution in [0.4, 0.5) is 0 Å². The zero-order valence-electron chi connectivity index (χ0n) is 16.8. The maximum Gasteiger partial charge on any atom is 0.243 e. The maximum absolute atomic E-state index is 12.5. The standard InChI is InChI=1S/C21H27N5O2S/c1-16-15-22-21(29-16)25-13-11-24(12-14-25)19(27)7-8-20(28)26-10-9-18(23-26)17-5-3-2-4-6-17/h2-6,16H,7-15H2,1H3/t16-/m1/s1. The first-order chi connectivity index (χ1) is 14.1. The van der Waals surface area contributed by atoms with Gasteiger partial charge in [0.2, 0.25) is 11.8 Å². The number of hydrogen-bond acceptors (Lipinski definition) is 6. The second kappa shape index (κ2) is 8.98. The molecule has 0 saturated carbocycles. The Morgan fingerprint density at radius 2 is 1.76 bits per heavy atom. The van der Waals surface area contributed by atoms with Gasteiger partial charge in [0.25, 0.3) is 0 Å². The third kappa shape index (κ3) is 4.80. The fourth-order valence-electron chi connectivity index (χ4n) is 3.75. The lowest BCUT2D eigenvalue weighted by Crippen LogP contribution is -2.50. The first kappa shape index (κ1) is 19.9. The molecule has 3 heterocycles. The molecule has 7 nitrogen and oxygen atoms in total. The van der Waals surface area contributed by atoms with Crippen LogP contribution < -0.4 is 0 Å². The van der Waals surface area contributed by atoms with Crippen molar-refractivity contribution in [2.75, 3.05) is 39.3 Å².